The van der Waals surface area contributed by atoms with E-state index in [4.69, 9.17) is 5.73 Å². The van der Waals surface area contributed by atoms with Crippen molar-refractivity contribution < 1.29 is 0 Å². The quantitative estimate of drug-likeness (QED) is 0.528. The molecular weight excluding hydrogens is 152 g/mol. The van der Waals surface area contributed by atoms with E-state index in [0.717, 1.165) is 25.1 Å². The van der Waals surface area contributed by atoms with Crippen LogP contribution in [0.1, 0.15) is 30.8 Å². The molecule has 66 valence electrons. The minimum Gasteiger partial charge on any atom is -0.369 e. The normalized spacial score (nSPS) is 23.2. The lowest BCUT2D eigenvalue weighted by Crippen LogP contribution is -2.18. The molecule has 0 radical (unpaired) electrons. The van der Waals surface area contributed by atoms with Crippen LogP contribution in [0.3, 0.4) is 0 Å². The number of imidazole rings is 1. The second kappa shape index (κ2) is 2.79. The minimum absolute atomic E-state index is 0.330. The Morgan fingerprint density at radius 3 is 3.25 bits per heavy atom. The van der Waals surface area contributed by atoms with Gasteiger partial charge < -0.3 is 16.0 Å². The molecule has 0 aliphatic carbocycles. The van der Waals surface area contributed by atoms with Gasteiger partial charge in [0.1, 0.15) is 0 Å². The molecule has 1 unspecified atom stereocenters. The second-order valence-electron chi connectivity index (χ2n) is 3.27. The molecule has 0 saturated heterocycles. The summed E-state index contributed by atoms with van der Waals surface area (Å²) in [6, 6.07) is 0.330. The van der Waals surface area contributed by atoms with E-state index >= 15 is 0 Å². The topological polar surface area (TPSA) is 66.7 Å². The average Bonchev–Trinajstić information content (AvgIpc) is 2.33. The number of anilines is 1. The number of hydrogen-bond acceptors (Lipinski definition) is 3. The van der Waals surface area contributed by atoms with Crippen LogP contribution in [-0.2, 0) is 6.42 Å². The summed E-state index contributed by atoms with van der Waals surface area (Å²) in [6.07, 6.45) is 2.20. The van der Waals surface area contributed by atoms with E-state index in [2.05, 4.69) is 22.2 Å². The van der Waals surface area contributed by atoms with Gasteiger partial charge in [-0.3, -0.25) is 0 Å². The first-order chi connectivity index (χ1) is 5.77. The van der Waals surface area contributed by atoms with Crippen LogP contribution in [-0.4, -0.2) is 16.5 Å². The zero-order valence-electron chi connectivity index (χ0n) is 7.22. The van der Waals surface area contributed by atoms with Gasteiger partial charge in [0.25, 0.3) is 0 Å². The van der Waals surface area contributed by atoms with Gasteiger partial charge in [0.2, 0.25) is 0 Å². The van der Waals surface area contributed by atoms with Crippen LogP contribution in [0, 0.1) is 0 Å². The lowest BCUT2D eigenvalue weighted by molar-refractivity contribution is 0.573. The molecule has 0 amide bonds. The van der Waals surface area contributed by atoms with Crippen molar-refractivity contribution in [3.05, 3.63) is 11.4 Å². The third-order valence-electron chi connectivity index (χ3n) is 2.29. The van der Waals surface area contributed by atoms with Gasteiger partial charge >= 0.3 is 0 Å². The van der Waals surface area contributed by atoms with Crippen LogP contribution in [0.25, 0.3) is 0 Å². The maximum Gasteiger partial charge on any atom is 0.197 e. The van der Waals surface area contributed by atoms with Crippen LogP contribution in [0.4, 0.5) is 5.95 Å². The fraction of sp³-hybridized carbons (Fsp3) is 0.625. The summed E-state index contributed by atoms with van der Waals surface area (Å²) in [6.45, 7) is 3.18. The fourth-order valence-corrected chi connectivity index (χ4v) is 1.67. The Morgan fingerprint density at radius 1 is 1.58 bits per heavy atom. The molecule has 1 aliphatic rings. The molecule has 1 aromatic rings. The molecule has 4 N–H and O–H groups in total. The number of H-pyrrole nitrogens is 1. The van der Waals surface area contributed by atoms with E-state index in [-0.39, 0.29) is 0 Å². The van der Waals surface area contributed by atoms with Gasteiger partial charge in [-0.1, -0.05) is 0 Å². The Kier molecular flexibility index (Phi) is 1.77. The first-order valence-electron chi connectivity index (χ1n) is 4.35. The molecule has 0 spiro atoms. The predicted molar refractivity (Wildman–Crippen MR) is 47.7 cm³/mol. The Labute approximate surface area is 71.6 Å². The van der Waals surface area contributed by atoms with Crippen molar-refractivity contribution >= 4 is 5.95 Å². The molecule has 2 rings (SSSR count). The molecule has 1 aromatic heterocycles. The van der Waals surface area contributed by atoms with Crippen molar-refractivity contribution in [3.8, 4) is 0 Å². The number of nitrogens with two attached hydrogens (primary N) is 1. The maximum absolute atomic E-state index is 5.58. The lowest BCUT2D eigenvalue weighted by atomic mass is 10.2. The maximum atomic E-state index is 5.58. The monoisotopic (exact) mass is 166 g/mol. The van der Waals surface area contributed by atoms with Crippen LogP contribution in [0.2, 0.25) is 0 Å². The van der Waals surface area contributed by atoms with Crippen molar-refractivity contribution in [2.24, 2.45) is 0 Å². The Morgan fingerprint density at radius 2 is 2.42 bits per heavy atom. The predicted octanol–water partition coefficient (Wildman–Crippen LogP) is 0.589. The van der Waals surface area contributed by atoms with Crippen LogP contribution >= 0.6 is 0 Å². The second-order valence-corrected chi connectivity index (χ2v) is 3.27. The van der Waals surface area contributed by atoms with Gasteiger partial charge in [-0.15, -0.1) is 0 Å². The summed E-state index contributed by atoms with van der Waals surface area (Å²) >= 11 is 0. The highest BCUT2D eigenvalue weighted by molar-refractivity contribution is 5.28. The number of aromatic amines is 1. The van der Waals surface area contributed by atoms with E-state index in [1.54, 1.807) is 0 Å². The number of rotatable bonds is 0. The Balaban J connectivity index is 2.38. The van der Waals surface area contributed by atoms with Crippen LogP contribution in [0.15, 0.2) is 0 Å². The summed E-state index contributed by atoms with van der Waals surface area (Å²) in [4.78, 5) is 7.35. The highest BCUT2D eigenvalue weighted by Crippen LogP contribution is 2.20. The minimum atomic E-state index is 0.330. The van der Waals surface area contributed by atoms with Gasteiger partial charge in [0.05, 0.1) is 5.69 Å². The van der Waals surface area contributed by atoms with Crippen LogP contribution < -0.4 is 11.1 Å². The van der Waals surface area contributed by atoms with Gasteiger partial charge in [-0.05, 0) is 26.3 Å². The molecule has 1 aliphatic heterocycles. The van der Waals surface area contributed by atoms with Crippen molar-refractivity contribution in [3.63, 3.8) is 0 Å². The molecule has 4 heteroatoms. The van der Waals surface area contributed by atoms with Crippen molar-refractivity contribution in [2.75, 3.05) is 12.3 Å². The summed E-state index contributed by atoms with van der Waals surface area (Å²) < 4.78 is 0. The average molecular weight is 166 g/mol. The van der Waals surface area contributed by atoms with E-state index in [9.17, 15) is 0 Å². The molecule has 0 fully saturated rings. The third kappa shape index (κ3) is 1.18. The number of fused-ring (bicyclic) bond motifs is 1. The van der Waals surface area contributed by atoms with Crippen molar-refractivity contribution in [1.82, 2.24) is 15.3 Å². The number of aromatic nitrogens is 2. The largest absolute Gasteiger partial charge is 0.369 e. The van der Waals surface area contributed by atoms with E-state index in [1.165, 1.54) is 5.69 Å². The molecule has 12 heavy (non-hydrogen) atoms. The fourth-order valence-electron chi connectivity index (χ4n) is 1.67. The molecule has 4 nitrogen and oxygen atoms in total. The summed E-state index contributed by atoms with van der Waals surface area (Å²) in [5, 5.41) is 3.38. The van der Waals surface area contributed by atoms with Gasteiger partial charge in [-0.25, -0.2) is 4.98 Å². The van der Waals surface area contributed by atoms with E-state index in [0.29, 0.717) is 12.0 Å². The number of nitrogens with zero attached hydrogens (tertiary/aromatic N) is 1. The molecule has 0 saturated carbocycles. The number of aryl methyl sites for hydroxylation is 1. The summed E-state index contributed by atoms with van der Waals surface area (Å²) in [7, 11) is 0. The van der Waals surface area contributed by atoms with Crippen LogP contribution in [0.5, 0.6) is 0 Å². The van der Waals surface area contributed by atoms with E-state index < -0.39 is 0 Å². The first kappa shape index (κ1) is 7.61. The number of nitrogen functional groups attached to an aromatic ring is 1. The smallest absolute Gasteiger partial charge is 0.197 e. The van der Waals surface area contributed by atoms with Gasteiger partial charge in [0.15, 0.2) is 5.95 Å². The first-order valence-corrected chi connectivity index (χ1v) is 4.35. The van der Waals surface area contributed by atoms with Crippen molar-refractivity contribution in [1.29, 1.82) is 0 Å². The standard InChI is InChI=1S/C8H14N4/c1-5-7-6(3-2-4-10-5)11-8(9)12-7/h5,10H,2-4H2,1H3,(H3,9,11,12). The zero-order valence-corrected chi connectivity index (χ0v) is 7.22. The van der Waals surface area contributed by atoms with Crippen molar-refractivity contribution in [2.45, 2.75) is 25.8 Å². The molecular formula is C8H14N4. The lowest BCUT2D eigenvalue weighted by Gasteiger charge is -2.07. The molecule has 0 aromatic carbocycles. The third-order valence-corrected chi connectivity index (χ3v) is 2.29. The highest BCUT2D eigenvalue weighted by atomic mass is 15.1. The summed E-state index contributed by atoms with van der Waals surface area (Å²) in [5.74, 6) is 0.538. The molecule has 2 heterocycles. The van der Waals surface area contributed by atoms with E-state index in [1.807, 2.05) is 0 Å². The molecule has 1 atom stereocenters. The Bertz CT molecular complexity index is 279. The summed E-state index contributed by atoms with van der Waals surface area (Å²) in [5.41, 5.74) is 7.86. The molecule has 0 bridgehead atoms. The Hall–Kier alpha value is -1.03. The zero-order chi connectivity index (χ0) is 8.55. The van der Waals surface area contributed by atoms with Gasteiger partial charge in [-0.2, -0.15) is 0 Å². The van der Waals surface area contributed by atoms with Gasteiger partial charge in [0, 0.05) is 11.7 Å². The number of nitrogens with one attached hydrogen (secondary N) is 2. The SMILES string of the molecule is CC1NCCCc2[nH]c(N)nc21. The number of hydrogen-bond donors (Lipinski definition) is 3. The highest BCUT2D eigenvalue weighted by Gasteiger charge is 2.17.